The lowest BCUT2D eigenvalue weighted by molar-refractivity contribution is -0.123. The fraction of sp³-hybridized carbons (Fsp3) is 0.0417. The summed E-state index contributed by atoms with van der Waals surface area (Å²) in [5, 5.41) is 0. The van der Waals surface area contributed by atoms with Gasteiger partial charge in [-0.3, -0.25) is 9.59 Å². The van der Waals surface area contributed by atoms with E-state index in [4.69, 9.17) is 4.74 Å². The summed E-state index contributed by atoms with van der Waals surface area (Å²) in [5.74, 6) is -1.25. The van der Waals surface area contributed by atoms with Crippen molar-refractivity contribution in [1.29, 1.82) is 0 Å². The van der Waals surface area contributed by atoms with Crippen LogP contribution in [0.15, 0.2) is 96.8 Å². The van der Waals surface area contributed by atoms with E-state index in [0.717, 1.165) is 10.5 Å². The van der Waals surface area contributed by atoms with Crippen LogP contribution in [0.1, 0.15) is 21.5 Å². The summed E-state index contributed by atoms with van der Waals surface area (Å²) < 4.78 is 5.31. The summed E-state index contributed by atoms with van der Waals surface area (Å²) in [7, 11) is 0. The van der Waals surface area contributed by atoms with Crippen molar-refractivity contribution in [1.82, 2.24) is 4.90 Å². The second-order valence-corrected chi connectivity index (χ2v) is 6.51. The zero-order valence-electron chi connectivity index (χ0n) is 15.4. The summed E-state index contributed by atoms with van der Waals surface area (Å²) in [5.41, 5.74) is 1.78. The molecule has 0 aromatic heterocycles. The maximum atomic E-state index is 13.2. The molecule has 1 fully saturated rings. The number of ketones is 1. The van der Waals surface area contributed by atoms with Gasteiger partial charge in [0.25, 0.3) is 5.91 Å². The topological polar surface area (TPSA) is 63.7 Å². The van der Waals surface area contributed by atoms with Crippen molar-refractivity contribution < 1.29 is 19.1 Å². The van der Waals surface area contributed by atoms with Crippen molar-refractivity contribution in [3.63, 3.8) is 0 Å². The summed E-state index contributed by atoms with van der Waals surface area (Å²) >= 11 is 0. The Morgan fingerprint density at radius 1 is 0.724 bits per heavy atom. The molecule has 1 heterocycles. The fourth-order valence-electron chi connectivity index (χ4n) is 3.16. The van der Waals surface area contributed by atoms with E-state index in [9.17, 15) is 14.4 Å². The number of hydrogen-bond donors (Lipinski definition) is 0. The lowest BCUT2D eigenvalue weighted by atomic mass is 9.95. The largest absolute Gasteiger partial charge is 0.422 e. The zero-order valence-corrected chi connectivity index (χ0v) is 15.4. The molecule has 3 aromatic rings. The Morgan fingerprint density at radius 3 is 1.83 bits per heavy atom. The highest BCUT2D eigenvalue weighted by Crippen LogP contribution is 2.30. The number of carbonyl (C=O) groups excluding carboxylic acids is 3. The zero-order chi connectivity index (χ0) is 20.2. The third kappa shape index (κ3) is 3.71. The maximum absolute atomic E-state index is 13.2. The normalized spacial score (nSPS) is 15.2. The number of Topliss-reactive ketones (excluding diaryl/α,β-unsaturated/α-hetero) is 1. The van der Waals surface area contributed by atoms with Crippen molar-refractivity contribution in [3.8, 4) is 0 Å². The first-order chi connectivity index (χ1) is 14.1. The third-order valence-electron chi connectivity index (χ3n) is 4.59. The average Bonchev–Trinajstić information content (AvgIpc) is 3.04. The van der Waals surface area contributed by atoms with Crippen LogP contribution in [0.4, 0.5) is 4.79 Å². The first kappa shape index (κ1) is 18.4. The van der Waals surface area contributed by atoms with E-state index in [1.807, 2.05) is 36.4 Å². The summed E-state index contributed by atoms with van der Waals surface area (Å²) in [6.07, 6.45) is -0.789. The van der Waals surface area contributed by atoms with Crippen LogP contribution in [0.2, 0.25) is 0 Å². The van der Waals surface area contributed by atoms with Crippen molar-refractivity contribution in [2.75, 3.05) is 0 Å². The molecule has 4 rings (SSSR count). The molecule has 5 nitrogen and oxygen atoms in total. The van der Waals surface area contributed by atoms with Gasteiger partial charge in [0.2, 0.25) is 5.76 Å². The minimum Gasteiger partial charge on any atom is -0.403 e. The monoisotopic (exact) mass is 383 g/mol. The Kier molecular flexibility index (Phi) is 5.03. The summed E-state index contributed by atoms with van der Waals surface area (Å²) in [4.78, 5) is 39.7. The van der Waals surface area contributed by atoms with Crippen LogP contribution in [-0.4, -0.2) is 22.7 Å². The van der Waals surface area contributed by atoms with Crippen molar-refractivity contribution in [3.05, 3.63) is 113 Å². The molecule has 0 unspecified atom stereocenters. The van der Waals surface area contributed by atoms with Gasteiger partial charge in [-0.05, 0) is 11.1 Å². The Bertz CT molecular complexity index is 1090. The van der Waals surface area contributed by atoms with E-state index in [1.54, 1.807) is 54.6 Å². The van der Waals surface area contributed by atoms with Gasteiger partial charge in [0.1, 0.15) is 0 Å². The first-order valence-corrected chi connectivity index (χ1v) is 9.12. The van der Waals surface area contributed by atoms with Gasteiger partial charge in [-0.2, -0.15) is 0 Å². The molecule has 2 amide bonds. The van der Waals surface area contributed by atoms with E-state index in [-0.39, 0.29) is 23.7 Å². The van der Waals surface area contributed by atoms with Crippen molar-refractivity contribution in [2.45, 2.75) is 6.54 Å². The quantitative estimate of drug-likeness (QED) is 0.482. The van der Waals surface area contributed by atoms with Gasteiger partial charge in [0.05, 0.1) is 12.1 Å². The van der Waals surface area contributed by atoms with Crippen LogP contribution in [0, 0.1) is 0 Å². The molecule has 0 bridgehead atoms. The van der Waals surface area contributed by atoms with Gasteiger partial charge in [-0.25, -0.2) is 9.69 Å². The Morgan fingerprint density at radius 2 is 1.24 bits per heavy atom. The predicted octanol–water partition coefficient (Wildman–Crippen LogP) is 4.46. The van der Waals surface area contributed by atoms with E-state index in [1.165, 1.54) is 0 Å². The van der Waals surface area contributed by atoms with E-state index >= 15 is 0 Å². The van der Waals surface area contributed by atoms with Crippen LogP contribution < -0.4 is 0 Å². The SMILES string of the molecule is O=C(/C(=C1/OC(=O)N(Cc2ccccc2)C1=O)c1ccccc1)c1ccccc1. The van der Waals surface area contributed by atoms with E-state index in [0.29, 0.717) is 11.1 Å². The van der Waals surface area contributed by atoms with Gasteiger partial charge in [-0.15, -0.1) is 0 Å². The molecule has 3 aromatic carbocycles. The number of hydrogen-bond acceptors (Lipinski definition) is 4. The fourth-order valence-corrected chi connectivity index (χ4v) is 3.16. The molecule has 1 aliphatic heterocycles. The minimum absolute atomic E-state index is 0.0730. The van der Waals surface area contributed by atoms with Crippen LogP contribution in [0.25, 0.3) is 5.57 Å². The molecule has 5 heteroatoms. The molecule has 0 radical (unpaired) electrons. The second-order valence-electron chi connectivity index (χ2n) is 6.51. The van der Waals surface area contributed by atoms with Crippen LogP contribution in [-0.2, 0) is 16.1 Å². The smallest absolute Gasteiger partial charge is 0.403 e. The minimum atomic E-state index is -0.789. The molecule has 1 saturated heterocycles. The molecule has 1 aliphatic rings. The standard InChI is InChI=1S/C24H17NO4/c26-21(19-14-8-3-9-15-19)20(18-12-6-2-7-13-18)22-23(27)25(24(28)29-22)16-17-10-4-1-5-11-17/h1-15H,16H2/b22-20+. The number of cyclic esters (lactones) is 1. The highest BCUT2D eigenvalue weighted by atomic mass is 16.6. The molecule has 0 spiro atoms. The molecule has 0 N–H and O–H groups in total. The second kappa shape index (κ2) is 7.94. The van der Waals surface area contributed by atoms with Crippen molar-refractivity contribution in [2.24, 2.45) is 0 Å². The van der Waals surface area contributed by atoms with Crippen molar-refractivity contribution >= 4 is 23.4 Å². The number of ether oxygens (including phenoxy) is 1. The first-order valence-electron chi connectivity index (χ1n) is 9.12. The molecule has 0 atom stereocenters. The number of rotatable bonds is 5. The Hall–Kier alpha value is -3.99. The summed E-state index contributed by atoms with van der Waals surface area (Å²) in [6, 6.07) is 26.5. The van der Waals surface area contributed by atoms with E-state index < -0.39 is 12.0 Å². The van der Waals surface area contributed by atoms with E-state index in [2.05, 4.69) is 0 Å². The lowest BCUT2D eigenvalue weighted by Crippen LogP contribution is -2.28. The van der Waals surface area contributed by atoms with Crippen LogP contribution >= 0.6 is 0 Å². The number of nitrogens with zero attached hydrogens (tertiary/aromatic N) is 1. The highest BCUT2D eigenvalue weighted by Gasteiger charge is 2.40. The Balaban J connectivity index is 1.78. The lowest BCUT2D eigenvalue weighted by Gasteiger charge is -2.11. The van der Waals surface area contributed by atoms with Gasteiger partial charge >= 0.3 is 6.09 Å². The number of amides is 2. The van der Waals surface area contributed by atoms with Crippen LogP contribution in [0.5, 0.6) is 0 Å². The van der Waals surface area contributed by atoms with Gasteiger partial charge in [0.15, 0.2) is 5.78 Å². The molecule has 142 valence electrons. The molecule has 0 saturated carbocycles. The molecule has 0 aliphatic carbocycles. The van der Waals surface area contributed by atoms with Gasteiger partial charge < -0.3 is 4.74 Å². The molecular weight excluding hydrogens is 366 g/mol. The number of benzene rings is 3. The van der Waals surface area contributed by atoms with Gasteiger partial charge in [-0.1, -0.05) is 91.0 Å². The Labute approximate surface area is 167 Å². The van der Waals surface area contributed by atoms with Gasteiger partial charge in [0, 0.05) is 5.56 Å². The number of carbonyl (C=O) groups is 3. The molecule has 29 heavy (non-hydrogen) atoms. The molecular formula is C24H17NO4. The predicted molar refractivity (Wildman–Crippen MR) is 108 cm³/mol. The number of imide groups is 1. The maximum Gasteiger partial charge on any atom is 0.422 e. The highest BCUT2D eigenvalue weighted by molar-refractivity contribution is 6.34. The summed E-state index contributed by atoms with van der Waals surface area (Å²) in [6.45, 7) is 0.0730. The average molecular weight is 383 g/mol. The number of allylic oxidation sites excluding steroid dienone is 1. The third-order valence-corrected chi connectivity index (χ3v) is 4.59. The van der Waals surface area contributed by atoms with Crippen LogP contribution in [0.3, 0.4) is 0 Å².